The fourth-order valence-electron chi connectivity index (χ4n) is 1.36. The maximum atomic E-state index is 5.62. The standard InChI is InChI=1S/C12H11BrN2O/c1-9(13)8-16-11-5-3-2-4-10(11)12-14-6-7-15-12/h2-7H,1,8H2,(H,14,15). The molecule has 0 radical (unpaired) electrons. The van der Waals surface area contributed by atoms with E-state index in [2.05, 4.69) is 32.5 Å². The Balaban J connectivity index is 2.27. The molecule has 16 heavy (non-hydrogen) atoms. The van der Waals surface area contributed by atoms with Gasteiger partial charge in [-0.15, -0.1) is 0 Å². The first kappa shape index (κ1) is 11.0. The summed E-state index contributed by atoms with van der Waals surface area (Å²) in [7, 11) is 0. The number of H-pyrrole nitrogens is 1. The van der Waals surface area contributed by atoms with Gasteiger partial charge in [0.05, 0.1) is 5.56 Å². The average molecular weight is 279 g/mol. The molecule has 1 aromatic heterocycles. The van der Waals surface area contributed by atoms with Gasteiger partial charge < -0.3 is 9.72 Å². The molecule has 2 aromatic rings. The van der Waals surface area contributed by atoms with Crippen LogP contribution < -0.4 is 4.74 Å². The number of hydrogen-bond acceptors (Lipinski definition) is 2. The smallest absolute Gasteiger partial charge is 0.141 e. The number of nitrogens with zero attached hydrogens (tertiary/aromatic N) is 1. The van der Waals surface area contributed by atoms with E-state index in [0.717, 1.165) is 21.6 Å². The maximum absolute atomic E-state index is 5.62. The Labute approximate surface area is 102 Å². The lowest BCUT2D eigenvalue weighted by Gasteiger charge is -2.08. The molecule has 0 amide bonds. The highest BCUT2D eigenvalue weighted by molar-refractivity contribution is 9.11. The molecule has 0 aliphatic heterocycles. The predicted octanol–water partition coefficient (Wildman–Crippen LogP) is 3.36. The minimum atomic E-state index is 0.442. The van der Waals surface area contributed by atoms with Gasteiger partial charge in [-0.25, -0.2) is 4.98 Å². The van der Waals surface area contributed by atoms with Crippen LogP contribution in [-0.4, -0.2) is 16.6 Å². The average Bonchev–Trinajstić information content (AvgIpc) is 2.80. The fraction of sp³-hybridized carbons (Fsp3) is 0.0833. The summed E-state index contributed by atoms with van der Waals surface area (Å²) in [6.07, 6.45) is 3.51. The van der Waals surface area contributed by atoms with Crippen LogP contribution in [0.4, 0.5) is 0 Å². The van der Waals surface area contributed by atoms with Crippen molar-refractivity contribution in [3.05, 3.63) is 47.7 Å². The van der Waals surface area contributed by atoms with Crippen molar-refractivity contribution in [1.82, 2.24) is 9.97 Å². The molecular formula is C12H11BrN2O. The predicted molar refractivity (Wildman–Crippen MR) is 67.6 cm³/mol. The molecule has 4 heteroatoms. The van der Waals surface area contributed by atoms with Gasteiger partial charge in [0.2, 0.25) is 0 Å². The number of imidazole rings is 1. The van der Waals surface area contributed by atoms with Crippen molar-refractivity contribution in [3.63, 3.8) is 0 Å². The molecule has 0 fully saturated rings. The molecule has 0 saturated carbocycles. The molecule has 0 spiro atoms. The number of aromatic amines is 1. The number of hydrogen-bond donors (Lipinski definition) is 1. The number of halogens is 1. The number of nitrogens with one attached hydrogen (secondary N) is 1. The van der Waals surface area contributed by atoms with Crippen LogP contribution in [0.5, 0.6) is 5.75 Å². The van der Waals surface area contributed by atoms with Gasteiger partial charge in [0.1, 0.15) is 18.2 Å². The Morgan fingerprint density at radius 2 is 2.25 bits per heavy atom. The van der Waals surface area contributed by atoms with E-state index >= 15 is 0 Å². The van der Waals surface area contributed by atoms with Crippen LogP contribution in [-0.2, 0) is 0 Å². The van der Waals surface area contributed by atoms with E-state index in [-0.39, 0.29) is 0 Å². The maximum Gasteiger partial charge on any atom is 0.141 e. The zero-order valence-corrected chi connectivity index (χ0v) is 10.2. The van der Waals surface area contributed by atoms with E-state index in [1.165, 1.54) is 0 Å². The summed E-state index contributed by atoms with van der Waals surface area (Å²) in [5.74, 6) is 1.59. The number of ether oxygens (including phenoxy) is 1. The van der Waals surface area contributed by atoms with Crippen molar-refractivity contribution in [1.29, 1.82) is 0 Å². The second-order valence-electron chi connectivity index (χ2n) is 3.24. The quantitative estimate of drug-likeness (QED) is 0.931. The molecule has 0 aliphatic carbocycles. The van der Waals surface area contributed by atoms with Gasteiger partial charge in [-0.1, -0.05) is 34.6 Å². The first-order valence-corrected chi connectivity index (χ1v) is 5.61. The van der Waals surface area contributed by atoms with Crippen LogP contribution in [0, 0.1) is 0 Å². The lowest BCUT2D eigenvalue weighted by molar-refractivity contribution is 0.362. The number of benzene rings is 1. The molecule has 82 valence electrons. The third kappa shape index (κ3) is 2.52. The van der Waals surface area contributed by atoms with Crippen molar-refractivity contribution in [3.8, 4) is 17.1 Å². The van der Waals surface area contributed by atoms with Crippen molar-refractivity contribution >= 4 is 15.9 Å². The van der Waals surface area contributed by atoms with E-state index in [4.69, 9.17) is 4.74 Å². The summed E-state index contributed by atoms with van der Waals surface area (Å²) in [5.41, 5.74) is 0.946. The van der Waals surface area contributed by atoms with E-state index in [1.807, 2.05) is 24.3 Å². The van der Waals surface area contributed by atoms with Crippen LogP contribution >= 0.6 is 15.9 Å². The van der Waals surface area contributed by atoms with Gasteiger partial charge in [-0.05, 0) is 12.1 Å². The molecule has 1 N–H and O–H groups in total. The largest absolute Gasteiger partial charge is 0.488 e. The molecule has 3 nitrogen and oxygen atoms in total. The summed E-state index contributed by atoms with van der Waals surface area (Å²) >= 11 is 3.26. The second kappa shape index (κ2) is 4.99. The van der Waals surface area contributed by atoms with Crippen molar-refractivity contribution in [2.45, 2.75) is 0 Å². The highest BCUT2D eigenvalue weighted by atomic mass is 79.9. The van der Waals surface area contributed by atoms with Gasteiger partial charge in [0.15, 0.2) is 0 Å². The zero-order valence-electron chi connectivity index (χ0n) is 8.61. The SMILES string of the molecule is C=C(Br)COc1ccccc1-c1ncc[nH]1. The van der Waals surface area contributed by atoms with E-state index in [0.29, 0.717) is 6.61 Å². The summed E-state index contributed by atoms with van der Waals surface area (Å²) < 4.78 is 6.42. The number of para-hydroxylation sites is 1. The minimum absolute atomic E-state index is 0.442. The van der Waals surface area contributed by atoms with Crippen LogP contribution in [0.3, 0.4) is 0 Å². The van der Waals surface area contributed by atoms with Crippen LogP contribution in [0.25, 0.3) is 11.4 Å². The molecular weight excluding hydrogens is 268 g/mol. The summed E-state index contributed by atoms with van der Waals surface area (Å²) in [5, 5.41) is 0. The second-order valence-corrected chi connectivity index (χ2v) is 4.36. The van der Waals surface area contributed by atoms with Crippen LogP contribution in [0.2, 0.25) is 0 Å². The Bertz CT molecular complexity index is 480. The van der Waals surface area contributed by atoms with E-state index in [9.17, 15) is 0 Å². The third-order valence-corrected chi connectivity index (χ3v) is 2.25. The Morgan fingerprint density at radius 3 is 2.94 bits per heavy atom. The van der Waals surface area contributed by atoms with Gasteiger partial charge >= 0.3 is 0 Å². The van der Waals surface area contributed by atoms with Gasteiger partial charge in [-0.3, -0.25) is 0 Å². The molecule has 1 aromatic carbocycles. The molecule has 2 rings (SSSR count). The molecule has 1 heterocycles. The first-order valence-electron chi connectivity index (χ1n) is 4.82. The van der Waals surface area contributed by atoms with Gasteiger partial charge in [0, 0.05) is 16.9 Å². The Hall–Kier alpha value is -1.55. The highest BCUT2D eigenvalue weighted by Gasteiger charge is 2.07. The monoisotopic (exact) mass is 278 g/mol. The minimum Gasteiger partial charge on any atom is -0.488 e. The van der Waals surface area contributed by atoms with Crippen molar-refractivity contribution in [2.24, 2.45) is 0 Å². The summed E-state index contributed by atoms with van der Waals surface area (Å²) in [6, 6.07) is 7.76. The van der Waals surface area contributed by atoms with Crippen LogP contribution in [0.1, 0.15) is 0 Å². The lowest BCUT2D eigenvalue weighted by Crippen LogP contribution is -1.98. The normalized spacial score (nSPS) is 10.1. The van der Waals surface area contributed by atoms with Gasteiger partial charge in [-0.2, -0.15) is 0 Å². The molecule has 0 aliphatic rings. The lowest BCUT2D eigenvalue weighted by atomic mass is 10.2. The summed E-state index contributed by atoms with van der Waals surface area (Å²) in [4.78, 5) is 7.26. The topological polar surface area (TPSA) is 37.9 Å². The highest BCUT2D eigenvalue weighted by Crippen LogP contribution is 2.27. The molecule has 0 unspecified atom stereocenters. The van der Waals surface area contributed by atoms with Crippen molar-refractivity contribution < 1.29 is 4.74 Å². The van der Waals surface area contributed by atoms with Crippen molar-refractivity contribution in [2.75, 3.05) is 6.61 Å². The molecule has 0 saturated heterocycles. The van der Waals surface area contributed by atoms with Gasteiger partial charge in [0.25, 0.3) is 0 Å². The zero-order chi connectivity index (χ0) is 11.4. The third-order valence-electron chi connectivity index (χ3n) is 2.02. The molecule has 0 atom stereocenters. The van der Waals surface area contributed by atoms with E-state index in [1.54, 1.807) is 12.4 Å². The van der Waals surface area contributed by atoms with Crippen LogP contribution in [0.15, 0.2) is 47.7 Å². The fourth-order valence-corrected chi connectivity index (χ4v) is 1.47. The number of aromatic nitrogens is 2. The molecule has 0 bridgehead atoms. The number of rotatable bonds is 4. The van der Waals surface area contributed by atoms with E-state index < -0.39 is 0 Å². The Morgan fingerprint density at radius 1 is 1.44 bits per heavy atom. The summed E-state index contributed by atoms with van der Waals surface area (Å²) in [6.45, 7) is 4.17. The first-order chi connectivity index (χ1) is 7.77. The Kier molecular flexibility index (Phi) is 3.41.